The van der Waals surface area contributed by atoms with Crippen LogP contribution in [0, 0.1) is 11.6 Å². The Morgan fingerprint density at radius 3 is 2.38 bits per heavy atom. The van der Waals surface area contributed by atoms with E-state index in [4.69, 9.17) is 20.3 Å². The molecule has 32 heavy (non-hydrogen) atoms. The number of carbonyl (C=O) groups excluding carboxylic acids is 3. The highest BCUT2D eigenvalue weighted by molar-refractivity contribution is 7.51. The van der Waals surface area contributed by atoms with Crippen LogP contribution in [0.2, 0.25) is 0 Å². The lowest BCUT2D eigenvalue weighted by Crippen LogP contribution is -2.42. The van der Waals surface area contributed by atoms with E-state index in [-0.39, 0.29) is 42.9 Å². The fourth-order valence-corrected chi connectivity index (χ4v) is 4.06. The van der Waals surface area contributed by atoms with Crippen molar-refractivity contribution >= 4 is 36.8 Å². The molecule has 2 heterocycles. The largest absolute Gasteiger partial charge is 0.434 e. The molecule has 0 saturated carbocycles. The Bertz CT molecular complexity index is 1020. The number of amides is 3. The van der Waals surface area contributed by atoms with Gasteiger partial charge in [-0.3, -0.25) is 19.1 Å². The second kappa shape index (κ2) is 8.94. The highest BCUT2D eigenvalue weighted by Gasteiger charge is 2.37. The molecular weight excluding hydrogens is 455 g/mol. The standard InChI is InChI=1S/C18H20F2N3O8P/c19-11-5-10(23-7-14(16(21)25)31-18(23)27)6-12(20)15(11)9-1-3-22(4-2-9)17(26)13(24)8-32(28,29)30/h1,5-6,13-14,24H,2-4,7-8H2,(H2,21,25)(H2,28,29,30)/t13-,14-/m1/s1. The fourth-order valence-electron chi connectivity index (χ4n) is 3.45. The van der Waals surface area contributed by atoms with E-state index < -0.39 is 55.5 Å². The first-order valence-electron chi connectivity index (χ1n) is 9.34. The molecule has 5 N–H and O–H groups in total. The van der Waals surface area contributed by atoms with Gasteiger partial charge >= 0.3 is 13.7 Å². The van der Waals surface area contributed by atoms with Crippen LogP contribution in [0.3, 0.4) is 0 Å². The Morgan fingerprint density at radius 1 is 1.28 bits per heavy atom. The maximum atomic E-state index is 14.7. The normalized spacial score (nSPS) is 20.1. The summed E-state index contributed by atoms with van der Waals surface area (Å²) in [4.78, 5) is 54.9. The molecule has 174 valence electrons. The maximum Gasteiger partial charge on any atom is 0.415 e. The molecule has 1 aromatic carbocycles. The number of primary amides is 1. The molecule has 0 aliphatic carbocycles. The van der Waals surface area contributed by atoms with Crippen molar-refractivity contribution in [2.45, 2.75) is 18.6 Å². The summed E-state index contributed by atoms with van der Waals surface area (Å²) in [6.07, 6.45) is -3.77. The van der Waals surface area contributed by atoms with Crippen molar-refractivity contribution in [1.29, 1.82) is 0 Å². The van der Waals surface area contributed by atoms with Crippen molar-refractivity contribution in [1.82, 2.24) is 4.90 Å². The number of carbonyl (C=O) groups is 3. The van der Waals surface area contributed by atoms with E-state index in [1.54, 1.807) is 0 Å². The van der Waals surface area contributed by atoms with Crippen LogP contribution < -0.4 is 10.6 Å². The van der Waals surface area contributed by atoms with Gasteiger partial charge in [0.15, 0.2) is 6.10 Å². The zero-order valence-corrected chi connectivity index (χ0v) is 17.4. The van der Waals surface area contributed by atoms with E-state index in [0.29, 0.717) is 0 Å². The molecule has 14 heteroatoms. The Balaban J connectivity index is 1.76. The topological polar surface area (TPSA) is 171 Å². The number of cyclic esters (lactones) is 1. The number of benzene rings is 1. The molecule has 11 nitrogen and oxygen atoms in total. The maximum absolute atomic E-state index is 14.7. The van der Waals surface area contributed by atoms with Crippen molar-refractivity contribution in [3.05, 3.63) is 35.4 Å². The molecule has 1 saturated heterocycles. The molecule has 3 rings (SSSR count). The number of halogens is 2. The monoisotopic (exact) mass is 475 g/mol. The van der Waals surface area contributed by atoms with Crippen LogP contribution in [0.4, 0.5) is 19.3 Å². The fraction of sp³-hybridized carbons (Fsp3) is 0.389. The Kier molecular flexibility index (Phi) is 6.65. The first-order valence-corrected chi connectivity index (χ1v) is 11.1. The van der Waals surface area contributed by atoms with Crippen LogP contribution in [0.25, 0.3) is 5.57 Å². The van der Waals surface area contributed by atoms with E-state index in [1.165, 1.54) is 6.08 Å². The van der Waals surface area contributed by atoms with Crippen molar-refractivity contribution in [2.75, 3.05) is 30.7 Å². The second-order valence-electron chi connectivity index (χ2n) is 7.30. The summed E-state index contributed by atoms with van der Waals surface area (Å²) in [6.45, 7) is -0.461. The summed E-state index contributed by atoms with van der Waals surface area (Å²) in [5.41, 5.74) is 4.79. The molecule has 0 bridgehead atoms. The van der Waals surface area contributed by atoms with E-state index >= 15 is 0 Å². The van der Waals surface area contributed by atoms with Gasteiger partial charge < -0.3 is 30.3 Å². The number of anilines is 1. The van der Waals surface area contributed by atoms with Gasteiger partial charge in [0.25, 0.3) is 11.8 Å². The molecule has 3 amide bonds. The molecule has 1 fully saturated rings. The highest BCUT2D eigenvalue weighted by Crippen LogP contribution is 2.36. The lowest BCUT2D eigenvalue weighted by atomic mass is 9.97. The zero-order chi connectivity index (χ0) is 23.8. The smallest absolute Gasteiger partial charge is 0.415 e. The summed E-state index contributed by atoms with van der Waals surface area (Å²) >= 11 is 0. The quantitative estimate of drug-likeness (QED) is 0.414. The predicted octanol–water partition coefficient (Wildman–Crippen LogP) is -0.0704. The first kappa shape index (κ1) is 23.8. The Morgan fingerprint density at radius 2 is 1.91 bits per heavy atom. The van der Waals surface area contributed by atoms with Gasteiger partial charge in [0, 0.05) is 18.7 Å². The summed E-state index contributed by atoms with van der Waals surface area (Å²) in [5, 5.41) is 9.69. The van der Waals surface area contributed by atoms with E-state index in [2.05, 4.69) is 0 Å². The number of hydrogen-bond acceptors (Lipinski definition) is 6. The third-order valence-electron chi connectivity index (χ3n) is 5.01. The molecule has 0 spiro atoms. The average Bonchev–Trinajstić information content (AvgIpc) is 3.08. The van der Waals surface area contributed by atoms with Gasteiger partial charge in [0.05, 0.1) is 18.4 Å². The van der Waals surface area contributed by atoms with Crippen molar-refractivity contribution in [3.63, 3.8) is 0 Å². The molecule has 0 radical (unpaired) electrons. The number of ether oxygens (including phenoxy) is 1. The van der Waals surface area contributed by atoms with Gasteiger partial charge in [-0.05, 0) is 24.1 Å². The van der Waals surface area contributed by atoms with Crippen molar-refractivity contribution in [2.24, 2.45) is 5.73 Å². The minimum atomic E-state index is -4.60. The lowest BCUT2D eigenvalue weighted by Gasteiger charge is -2.29. The first-order chi connectivity index (χ1) is 14.9. The molecule has 2 aliphatic heterocycles. The SMILES string of the molecule is NC(=O)[C@H]1CN(c2cc(F)c(C3=CCN(C(=O)[C@H](O)CP(=O)(O)O)CC3)c(F)c2)C(=O)O1. The summed E-state index contributed by atoms with van der Waals surface area (Å²) in [5.74, 6) is -3.77. The molecule has 0 unspecified atom stereocenters. The van der Waals surface area contributed by atoms with E-state index in [0.717, 1.165) is 21.9 Å². The summed E-state index contributed by atoms with van der Waals surface area (Å²) < 4.78 is 45.2. The molecule has 0 aromatic heterocycles. The average molecular weight is 475 g/mol. The molecule has 2 atom stereocenters. The van der Waals surface area contributed by atoms with Gasteiger partial charge in [0.1, 0.15) is 17.7 Å². The highest BCUT2D eigenvalue weighted by atomic mass is 31.2. The van der Waals surface area contributed by atoms with Crippen molar-refractivity contribution in [3.8, 4) is 0 Å². The zero-order valence-electron chi connectivity index (χ0n) is 16.5. The van der Waals surface area contributed by atoms with Crippen molar-refractivity contribution < 1.29 is 47.4 Å². The van der Waals surface area contributed by atoms with Gasteiger partial charge in [-0.2, -0.15) is 0 Å². The summed E-state index contributed by atoms with van der Waals surface area (Å²) in [7, 11) is -4.60. The molecule has 2 aliphatic rings. The number of rotatable bonds is 6. The number of nitrogens with zero attached hydrogens (tertiary/aromatic N) is 2. The van der Waals surface area contributed by atoms with E-state index in [1.807, 2.05) is 0 Å². The Hall–Kier alpha value is -2.86. The van der Waals surface area contributed by atoms with E-state index in [9.17, 15) is 32.8 Å². The number of nitrogens with two attached hydrogens (primary N) is 1. The van der Waals surface area contributed by atoms with Crippen LogP contribution in [-0.2, 0) is 18.9 Å². The number of aliphatic hydroxyl groups is 1. The lowest BCUT2D eigenvalue weighted by molar-refractivity contribution is -0.138. The van der Waals surface area contributed by atoms with Gasteiger partial charge in [-0.25, -0.2) is 13.6 Å². The van der Waals surface area contributed by atoms with Gasteiger partial charge in [-0.1, -0.05) is 6.08 Å². The van der Waals surface area contributed by atoms with Crippen LogP contribution in [0.15, 0.2) is 18.2 Å². The van der Waals surface area contributed by atoms with Gasteiger partial charge in [-0.15, -0.1) is 0 Å². The molecule has 1 aromatic rings. The van der Waals surface area contributed by atoms with Crippen LogP contribution in [-0.4, -0.2) is 75.7 Å². The number of hydrogen-bond donors (Lipinski definition) is 4. The third-order valence-corrected chi connectivity index (χ3v) is 5.83. The number of aliphatic hydroxyl groups excluding tert-OH is 1. The summed E-state index contributed by atoms with van der Waals surface area (Å²) in [6, 6.07) is 1.82. The predicted molar refractivity (Wildman–Crippen MR) is 105 cm³/mol. The van der Waals surface area contributed by atoms with Crippen LogP contribution >= 0.6 is 7.60 Å². The molecular formula is C18H20F2N3O8P. The van der Waals surface area contributed by atoms with Crippen LogP contribution in [0.5, 0.6) is 0 Å². The second-order valence-corrected chi connectivity index (χ2v) is 8.99. The minimum Gasteiger partial charge on any atom is -0.434 e. The minimum absolute atomic E-state index is 0.0110. The Labute approximate surface area is 180 Å². The van der Waals surface area contributed by atoms with Gasteiger partial charge in [0.2, 0.25) is 0 Å². The third kappa shape index (κ3) is 5.13. The van der Waals surface area contributed by atoms with Crippen LogP contribution in [0.1, 0.15) is 12.0 Å².